The van der Waals surface area contributed by atoms with Crippen molar-refractivity contribution in [1.29, 1.82) is 0 Å². The highest BCUT2D eigenvalue weighted by Crippen LogP contribution is 2.38. The van der Waals surface area contributed by atoms with E-state index in [2.05, 4.69) is 33.5 Å². The number of rotatable bonds is 5. The first-order chi connectivity index (χ1) is 11.8. The number of hydrogen-bond donors (Lipinski definition) is 0. The number of nitrogens with zero attached hydrogens (tertiary/aromatic N) is 3. The first-order valence-electron chi connectivity index (χ1n) is 8.22. The second-order valence-electron chi connectivity index (χ2n) is 5.64. The smallest absolute Gasteiger partial charge is 0.406 e. The van der Waals surface area contributed by atoms with Crippen LogP contribution >= 0.6 is 11.8 Å². The van der Waals surface area contributed by atoms with Crippen molar-refractivity contribution in [2.24, 2.45) is 9.98 Å². The minimum Gasteiger partial charge on any atom is -0.406 e. The number of hydrogen-bond acceptors (Lipinski definition) is 4. The molecule has 0 atom stereocenters. The van der Waals surface area contributed by atoms with E-state index in [1.165, 1.54) is 30.0 Å². The van der Waals surface area contributed by atoms with E-state index < -0.39 is 6.36 Å². The molecule has 0 bridgehead atoms. The molecule has 0 N–H and O–H groups in total. The summed E-state index contributed by atoms with van der Waals surface area (Å²) in [5.74, 6) is 1.89. The molecule has 1 aromatic rings. The molecule has 0 spiro atoms. The second kappa shape index (κ2) is 8.60. The molecule has 1 heterocycles. The Morgan fingerprint density at radius 3 is 2.56 bits per heavy atom. The molecule has 0 amide bonds. The van der Waals surface area contributed by atoms with E-state index in [-0.39, 0.29) is 5.75 Å². The third-order valence-corrected chi connectivity index (χ3v) is 4.55. The number of alkyl halides is 3. The zero-order valence-corrected chi connectivity index (χ0v) is 15.4. The monoisotopic (exact) mass is 373 g/mol. The fourth-order valence-electron chi connectivity index (χ4n) is 2.50. The zero-order valence-electron chi connectivity index (χ0n) is 14.6. The Morgan fingerprint density at radius 2 is 1.96 bits per heavy atom. The Morgan fingerprint density at radius 1 is 1.28 bits per heavy atom. The fourth-order valence-corrected chi connectivity index (χ4v) is 3.38. The van der Waals surface area contributed by atoms with Crippen molar-refractivity contribution in [3.05, 3.63) is 18.2 Å². The van der Waals surface area contributed by atoms with Crippen LogP contribution in [0.3, 0.4) is 0 Å². The van der Waals surface area contributed by atoms with Gasteiger partial charge in [0.25, 0.3) is 0 Å². The maximum Gasteiger partial charge on any atom is 0.573 e. The number of amidine groups is 2. The van der Waals surface area contributed by atoms with Crippen molar-refractivity contribution in [2.75, 3.05) is 18.8 Å². The predicted octanol–water partition coefficient (Wildman–Crippen LogP) is 5.26. The van der Waals surface area contributed by atoms with E-state index in [4.69, 9.17) is 0 Å². The number of fused-ring (bicyclic) bond motifs is 1. The van der Waals surface area contributed by atoms with Gasteiger partial charge >= 0.3 is 6.36 Å². The van der Waals surface area contributed by atoms with E-state index in [9.17, 15) is 13.2 Å². The van der Waals surface area contributed by atoms with Crippen LogP contribution in [0.25, 0.3) is 0 Å². The van der Waals surface area contributed by atoms with Crippen molar-refractivity contribution in [3.8, 4) is 5.75 Å². The van der Waals surface area contributed by atoms with Gasteiger partial charge in [-0.25, -0.2) is 9.98 Å². The van der Waals surface area contributed by atoms with Gasteiger partial charge in [-0.05, 0) is 38.0 Å². The van der Waals surface area contributed by atoms with Crippen molar-refractivity contribution in [2.45, 2.75) is 44.9 Å². The summed E-state index contributed by atoms with van der Waals surface area (Å²) in [7, 11) is 0. The average Bonchev–Trinajstić information content (AvgIpc) is 2.53. The van der Waals surface area contributed by atoms with E-state index in [0.717, 1.165) is 31.8 Å². The molecule has 4 nitrogen and oxygen atoms in total. The number of ether oxygens (including phenoxy) is 1. The van der Waals surface area contributed by atoms with Crippen LogP contribution in [-0.4, -0.2) is 41.8 Å². The Labute approximate surface area is 150 Å². The summed E-state index contributed by atoms with van der Waals surface area (Å²) in [5.41, 5.74) is 0.620. The third-order valence-electron chi connectivity index (χ3n) is 3.51. The highest BCUT2D eigenvalue weighted by Gasteiger charge is 2.31. The maximum absolute atomic E-state index is 12.3. The normalized spacial score (nSPS) is 14.8. The summed E-state index contributed by atoms with van der Waals surface area (Å²) in [5, 5.41) is 0. The van der Waals surface area contributed by atoms with E-state index in [1.807, 2.05) is 6.92 Å². The van der Waals surface area contributed by atoms with E-state index >= 15 is 0 Å². The lowest BCUT2D eigenvalue weighted by Crippen LogP contribution is -2.31. The molecule has 138 valence electrons. The molecule has 0 saturated carbocycles. The van der Waals surface area contributed by atoms with Crippen LogP contribution < -0.4 is 4.74 Å². The van der Waals surface area contributed by atoms with Crippen molar-refractivity contribution >= 4 is 29.1 Å². The van der Waals surface area contributed by atoms with Crippen LogP contribution in [0, 0.1) is 0 Å². The molecule has 0 aromatic heterocycles. The lowest BCUT2D eigenvalue weighted by Gasteiger charge is -2.23. The Bertz CT molecular complexity index is 653. The van der Waals surface area contributed by atoms with Gasteiger partial charge in [0, 0.05) is 18.0 Å². The molecule has 0 unspecified atom stereocenters. The van der Waals surface area contributed by atoms with Crippen LogP contribution in [0.2, 0.25) is 0 Å². The van der Waals surface area contributed by atoms with Gasteiger partial charge in [-0.1, -0.05) is 13.8 Å². The van der Waals surface area contributed by atoms with Crippen LogP contribution in [0.15, 0.2) is 33.1 Å². The summed E-state index contributed by atoms with van der Waals surface area (Å²) < 4.78 is 40.9. The van der Waals surface area contributed by atoms with Gasteiger partial charge in [-0.2, -0.15) is 0 Å². The quantitative estimate of drug-likeness (QED) is 0.522. The molecule has 0 aliphatic carbocycles. The molecule has 1 aliphatic heterocycles. The van der Waals surface area contributed by atoms with Crippen LogP contribution in [0.5, 0.6) is 5.75 Å². The highest BCUT2D eigenvalue weighted by molar-refractivity contribution is 8.00. The molecule has 0 saturated heterocycles. The molecule has 1 aliphatic rings. The molecule has 0 radical (unpaired) electrons. The minimum absolute atomic E-state index is 0.228. The van der Waals surface area contributed by atoms with E-state index in [1.54, 1.807) is 0 Å². The lowest BCUT2D eigenvalue weighted by atomic mass is 10.3. The molecule has 25 heavy (non-hydrogen) atoms. The lowest BCUT2D eigenvalue weighted by molar-refractivity contribution is -0.274. The largest absolute Gasteiger partial charge is 0.573 e. The summed E-state index contributed by atoms with van der Waals surface area (Å²) in [6, 6.07) is 4.17. The second-order valence-corrected chi connectivity index (χ2v) is 6.66. The summed E-state index contributed by atoms with van der Waals surface area (Å²) in [6.07, 6.45) is -2.61. The van der Waals surface area contributed by atoms with Gasteiger partial charge in [0.15, 0.2) is 0 Å². The molecular formula is C17H22F3N3OS. The fraction of sp³-hybridized carbons (Fsp3) is 0.529. The Balaban J connectivity index is 2.17. The summed E-state index contributed by atoms with van der Waals surface area (Å²) >= 11 is 1.41. The minimum atomic E-state index is -4.69. The average molecular weight is 373 g/mol. The molecule has 1 aromatic carbocycles. The van der Waals surface area contributed by atoms with Gasteiger partial charge in [0.1, 0.15) is 17.4 Å². The van der Waals surface area contributed by atoms with Crippen LogP contribution in [0.4, 0.5) is 18.9 Å². The van der Waals surface area contributed by atoms with Gasteiger partial charge in [0.2, 0.25) is 0 Å². The third kappa shape index (κ3) is 5.95. The van der Waals surface area contributed by atoms with Crippen molar-refractivity contribution in [1.82, 2.24) is 4.90 Å². The number of halogens is 3. The number of thioether (sulfide) groups is 1. The van der Waals surface area contributed by atoms with Crippen LogP contribution in [-0.2, 0) is 0 Å². The van der Waals surface area contributed by atoms with Crippen LogP contribution in [0.1, 0.15) is 33.6 Å². The molecule has 2 rings (SSSR count). The van der Waals surface area contributed by atoms with Crippen molar-refractivity contribution in [3.63, 3.8) is 0 Å². The Hall–Kier alpha value is -1.70. The molecule has 0 fully saturated rings. The summed E-state index contributed by atoms with van der Waals surface area (Å²) in [4.78, 5) is 12.0. The SMILES string of the molecule is CCCN(CCC)/C(C)=N/C1=Nc2ccc(OC(F)(F)F)cc2SC1. The predicted molar refractivity (Wildman–Crippen MR) is 96.2 cm³/mol. The topological polar surface area (TPSA) is 37.2 Å². The number of aliphatic imine (C=N–C) groups is 2. The zero-order chi connectivity index (χ0) is 18.4. The van der Waals surface area contributed by atoms with E-state index in [0.29, 0.717) is 22.2 Å². The first-order valence-corrected chi connectivity index (χ1v) is 9.21. The highest BCUT2D eigenvalue weighted by atomic mass is 32.2. The van der Waals surface area contributed by atoms with Gasteiger partial charge in [-0.3, -0.25) is 0 Å². The number of benzene rings is 1. The Kier molecular flexibility index (Phi) is 6.75. The standard InChI is InChI=1S/C17H22F3N3OS/c1-4-8-23(9-5-2)12(3)21-16-11-25-15-10-13(24-17(18,19)20)6-7-14(15)22-16/h6-7,10H,4-5,8-9,11H2,1-3H3/b21-12+. The van der Waals surface area contributed by atoms with Gasteiger partial charge in [0.05, 0.1) is 11.4 Å². The maximum atomic E-state index is 12.3. The summed E-state index contributed by atoms with van der Waals surface area (Å²) in [6.45, 7) is 8.10. The van der Waals surface area contributed by atoms with Gasteiger partial charge in [-0.15, -0.1) is 24.9 Å². The van der Waals surface area contributed by atoms with Crippen molar-refractivity contribution < 1.29 is 17.9 Å². The first kappa shape index (κ1) is 19.6. The molecular weight excluding hydrogens is 351 g/mol. The molecule has 8 heteroatoms. The van der Waals surface area contributed by atoms with Gasteiger partial charge < -0.3 is 9.64 Å².